The van der Waals surface area contributed by atoms with E-state index in [1.165, 1.54) is 25.3 Å². The van der Waals surface area contributed by atoms with Gasteiger partial charge in [-0.15, -0.1) is 0 Å². The second-order valence-electron chi connectivity index (χ2n) is 4.69. The molecular weight excluding hydrogens is 304 g/mol. The van der Waals surface area contributed by atoms with Crippen molar-refractivity contribution in [2.24, 2.45) is 0 Å². The van der Waals surface area contributed by atoms with Crippen LogP contribution in [0.25, 0.3) is 0 Å². The summed E-state index contributed by atoms with van der Waals surface area (Å²) >= 11 is 0. The predicted molar refractivity (Wildman–Crippen MR) is 83.3 cm³/mol. The summed E-state index contributed by atoms with van der Waals surface area (Å²) in [6, 6.07) is 12.7. The largest absolute Gasteiger partial charge is 0.508 e. The van der Waals surface area contributed by atoms with E-state index in [4.69, 9.17) is 9.47 Å². The molecule has 0 bridgehead atoms. The third-order valence-electron chi connectivity index (χ3n) is 3.06. The molecule has 22 heavy (non-hydrogen) atoms. The van der Waals surface area contributed by atoms with E-state index >= 15 is 0 Å². The van der Waals surface area contributed by atoms with Crippen LogP contribution in [0.4, 0.5) is 0 Å². The van der Waals surface area contributed by atoms with Crippen LogP contribution in [-0.4, -0.2) is 33.0 Å². The van der Waals surface area contributed by atoms with Crippen LogP contribution in [0, 0.1) is 0 Å². The SMILES string of the molecule is COc1ccc(S(=O)(=O)CCCOc2cccc(O)c2)cc1. The molecule has 0 spiro atoms. The summed E-state index contributed by atoms with van der Waals surface area (Å²) in [4.78, 5) is 0.269. The summed E-state index contributed by atoms with van der Waals surface area (Å²) in [6.07, 6.45) is 0.365. The van der Waals surface area contributed by atoms with Crippen LogP contribution in [-0.2, 0) is 9.84 Å². The fourth-order valence-electron chi connectivity index (χ4n) is 1.91. The highest BCUT2D eigenvalue weighted by atomic mass is 32.2. The molecule has 118 valence electrons. The Labute approximate surface area is 130 Å². The molecule has 2 rings (SSSR count). The average molecular weight is 322 g/mol. The van der Waals surface area contributed by atoms with E-state index in [-0.39, 0.29) is 23.0 Å². The van der Waals surface area contributed by atoms with Crippen LogP contribution in [0.15, 0.2) is 53.4 Å². The second kappa shape index (κ2) is 7.17. The number of methoxy groups -OCH3 is 1. The maximum atomic E-state index is 12.2. The van der Waals surface area contributed by atoms with Gasteiger partial charge in [-0.3, -0.25) is 0 Å². The summed E-state index contributed by atoms with van der Waals surface area (Å²) in [7, 11) is -1.80. The molecule has 5 nitrogen and oxygen atoms in total. The number of ether oxygens (including phenoxy) is 2. The third-order valence-corrected chi connectivity index (χ3v) is 4.88. The Morgan fingerprint density at radius 1 is 1.05 bits per heavy atom. The van der Waals surface area contributed by atoms with Crippen LogP contribution >= 0.6 is 0 Å². The zero-order chi connectivity index (χ0) is 16.0. The molecule has 0 atom stereocenters. The molecule has 0 saturated heterocycles. The third kappa shape index (κ3) is 4.39. The quantitative estimate of drug-likeness (QED) is 0.793. The van der Waals surface area contributed by atoms with Gasteiger partial charge in [0.25, 0.3) is 0 Å². The van der Waals surface area contributed by atoms with Gasteiger partial charge in [0, 0.05) is 6.07 Å². The molecule has 0 amide bonds. The first-order valence-corrected chi connectivity index (χ1v) is 8.45. The molecule has 0 radical (unpaired) electrons. The zero-order valence-electron chi connectivity index (χ0n) is 12.2. The molecule has 0 heterocycles. The summed E-state index contributed by atoms with van der Waals surface area (Å²) in [5, 5.41) is 9.30. The summed E-state index contributed by atoms with van der Waals surface area (Å²) in [5.41, 5.74) is 0. The molecule has 0 aliphatic rings. The highest BCUT2D eigenvalue weighted by Gasteiger charge is 2.14. The summed E-state index contributed by atoms with van der Waals surface area (Å²) in [6.45, 7) is 0.263. The highest BCUT2D eigenvalue weighted by Crippen LogP contribution is 2.19. The molecule has 6 heteroatoms. The first-order chi connectivity index (χ1) is 10.5. The molecule has 0 fully saturated rings. The fourth-order valence-corrected chi connectivity index (χ4v) is 3.20. The number of benzene rings is 2. The summed E-state index contributed by atoms with van der Waals surface area (Å²) in [5.74, 6) is 1.24. The molecular formula is C16H18O5S. The van der Waals surface area contributed by atoms with Crippen molar-refractivity contribution in [2.45, 2.75) is 11.3 Å². The Morgan fingerprint density at radius 3 is 2.41 bits per heavy atom. The number of phenolic OH excluding ortho intramolecular Hbond substituents is 1. The smallest absolute Gasteiger partial charge is 0.178 e. The van der Waals surface area contributed by atoms with Gasteiger partial charge in [-0.2, -0.15) is 0 Å². The Bertz CT molecular complexity index is 708. The van der Waals surface area contributed by atoms with Gasteiger partial charge in [0.2, 0.25) is 0 Å². The van der Waals surface area contributed by atoms with Crippen LogP contribution in [0.1, 0.15) is 6.42 Å². The Balaban J connectivity index is 1.87. The molecule has 2 aromatic carbocycles. The Hall–Kier alpha value is -2.21. The lowest BCUT2D eigenvalue weighted by atomic mass is 10.3. The van der Waals surface area contributed by atoms with Gasteiger partial charge in [-0.05, 0) is 42.8 Å². The van der Waals surface area contributed by atoms with Crippen molar-refractivity contribution in [1.82, 2.24) is 0 Å². The Morgan fingerprint density at radius 2 is 1.77 bits per heavy atom. The van der Waals surface area contributed by atoms with Gasteiger partial charge in [-0.25, -0.2) is 8.42 Å². The average Bonchev–Trinajstić information content (AvgIpc) is 2.52. The van der Waals surface area contributed by atoms with Gasteiger partial charge < -0.3 is 14.6 Å². The molecule has 0 aliphatic carbocycles. The van der Waals surface area contributed by atoms with Crippen LogP contribution in [0.5, 0.6) is 17.2 Å². The first-order valence-electron chi connectivity index (χ1n) is 6.80. The van der Waals surface area contributed by atoms with E-state index < -0.39 is 9.84 Å². The molecule has 1 N–H and O–H groups in total. The number of rotatable bonds is 7. The minimum atomic E-state index is -3.33. The van der Waals surface area contributed by atoms with E-state index in [9.17, 15) is 13.5 Å². The van der Waals surface area contributed by atoms with Crippen LogP contribution in [0.2, 0.25) is 0 Å². The first kappa shape index (κ1) is 16.2. The second-order valence-corrected chi connectivity index (χ2v) is 6.80. The number of phenols is 1. The topological polar surface area (TPSA) is 72.8 Å². The van der Waals surface area contributed by atoms with Crippen molar-refractivity contribution in [3.63, 3.8) is 0 Å². The summed E-state index contributed by atoms with van der Waals surface area (Å²) < 4.78 is 34.7. The molecule has 0 aromatic heterocycles. The minimum absolute atomic E-state index is 0.00184. The van der Waals surface area contributed by atoms with E-state index in [1.54, 1.807) is 30.3 Å². The van der Waals surface area contributed by atoms with E-state index in [0.717, 1.165) is 0 Å². The van der Waals surface area contributed by atoms with Crippen molar-refractivity contribution in [1.29, 1.82) is 0 Å². The molecule has 0 unspecified atom stereocenters. The van der Waals surface area contributed by atoms with Crippen molar-refractivity contribution in [2.75, 3.05) is 19.5 Å². The predicted octanol–water partition coefficient (Wildman–Crippen LogP) is 2.64. The highest BCUT2D eigenvalue weighted by molar-refractivity contribution is 7.91. The monoisotopic (exact) mass is 322 g/mol. The number of hydrogen-bond acceptors (Lipinski definition) is 5. The molecule has 0 saturated carbocycles. The van der Waals surface area contributed by atoms with Crippen molar-refractivity contribution in [3.05, 3.63) is 48.5 Å². The molecule has 2 aromatic rings. The van der Waals surface area contributed by atoms with Crippen LogP contribution in [0.3, 0.4) is 0 Å². The standard InChI is InChI=1S/C16H18O5S/c1-20-14-6-8-16(9-7-14)22(18,19)11-3-10-21-15-5-2-4-13(17)12-15/h2,4-9,12,17H,3,10-11H2,1H3. The zero-order valence-corrected chi connectivity index (χ0v) is 13.0. The van der Waals surface area contributed by atoms with Gasteiger partial charge in [0.05, 0.1) is 24.4 Å². The van der Waals surface area contributed by atoms with Crippen LogP contribution < -0.4 is 9.47 Å². The van der Waals surface area contributed by atoms with Gasteiger partial charge in [-0.1, -0.05) is 6.07 Å². The van der Waals surface area contributed by atoms with E-state index in [1.807, 2.05) is 0 Å². The lowest BCUT2D eigenvalue weighted by Crippen LogP contribution is -2.10. The van der Waals surface area contributed by atoms with Crippen molar-refractivity contribution in [3.8, 4) is 17.2 Å². The number of sulfone groups is 1. The maximum absolute atomic E-state index is 12.2. The lowest BCUT2D eigenvalue weighted by Gasteiger charge is -2.08. The Kier molecular flexibility index (Phi) is 5.27. The van der Waals surface area contributed by atoms with Gasteiger partial charge >= 0.3 is 0 Å². The minimum Gasteiger partial charge on any atom is -0.508 e. The van der Waals surface area contributed by atoms with Crippen molar-refractivity contribution < 1.29 is 23.0 Å². The van der Waals surface area contributed by atoms with E-state index in [0.29, 0.717) is 17.9 Å². The normalized spacial score (nSPS) is 11.1. The number of aromatic hydroxyl groups is 1. The van der Waals surface area contributed by atoms with Gasteiger partial charge in [0.1, 0.15) is 17.2 Å². The van der Waals surface area contributed by atoms with Crippen molar-refractivity contribution >= 4 is 9.84 Å². The maximum Gasteiger partial charge on any atom is 0.178 e. The fraction of sp³-hybridized carbons (Fsp3) is 0.250. The lowest BCUT2D eigenvalue weighted by molar-refractivity contribution is 0.315. The molecule has 0 aliphatic heterocycles. The number of hydrogen-bond donors (Lipinski definition) is 1. The van der Waals surface area contributed by atoms with Gasteiger partial charge in [0.15, 0.2) is 9.84 Å². The van der Waals surface area contributed by atoms with E-state index in [2.05, 4.69) is 0 Å².